The smallest absolute Gasteiger partial charge is 0.390 e. The molecule has 1 rings (SSSR count). The zero-order valence-corrected chi connectivity index (χ0v) is 10.8. The molecule has 0 aromatic rings. The van der Waals surface area contributed by atoms with Crippen molar-refractivity contribution in [2.75, 3.05) is 26.7 Å². The summed E-state index contributed by atoms with van der Waals surface area (Å²) in [5.41, 5.74) is 0. The van der Waals surface area contributed by atoms with E-state index in [1.165, 1.54) is 11.9 Å². The Morgan fingerprint density at radius 2 is 1.95 bits per heavy atom. The second-order valence-electron chi connectivity index (χ2n) is 4.86. The minimum atomic E-state index is -4.29. The maximum absolute atomic E-state index is 12.0. The Kier molecular flexibility index (Phi) is 4.65. The quantitative estimate of drug-likeness (QED) is 0.852. The summed E-state index contributed by atoms with van der Waals surface area (Å²) in [7, 11) is 1.31. The number of aliphatic carboxylic acids is 1. The van der Waals surface area contributed by atoms with Gasteiger partial charge in [-0.1, -0.05) is 6.92 Å². The number of hydrogen-bond donors (Lipinski definition) is 1. The molecule has 5 nitrogen and oxygen atoms in total. The Bertz CT molecular complexity index is 354. The summed E-state index contributed by atoms with van der Waals surface area (Å²) < 4.78 is 36.0. The van der Waals surface area contributed by atoms with Crippen molar-refractivity contribution in [2.24, 2.45) is 11.8 Å². The predicted octanol–water partition coefficient (Wildman–Crippen LogP) is 1.64. The van der Waals surface area contributed by atoms with Crippen molar-refractivity contribution < 1.29 is 27.9 Å². The lowest BCUT2D eigenvalue weighted by atomic mass is 9.87. The van der Waals surface area contributed by atoms with Crippen LogP contribution in [0.15, 0.2) is 0 Å². The molecule has 0 saturated carbocycles. The van der Waals surface area contributed by atoms with Crippen LogP contribution in [0, 0.1) is 11.8 Å². The van der Waals surface area contributed by atoms with Crippen LogP contribution in [0.5, 0.6) is 0 Å². The molecule has 1 aliphatic rings. The molecule has 1 heterocycles. The Morgan fingerprint density at radius 3 is 2.37 bits per heavy atom. The Balaban J connectivity index is 2.35. The molecule has 1 saturated heterocycles. The first-order chi connectivity index (χ1) is 8.61. The fourth-order valence-electron chi connectivity index (χ4n) is 1.82. The number of amides is 2. The summed E-state index contributed by atoms with van der Waals surface area (Å²) in [6.07, 6.45) is -5.33. The van der Waals surface area contributed by atoms with Crippen molar-refractivity contribution in [3.63, 3.8) is 0 Å². The van der Waals surface area contributed by atoms with Crippen LogP contribution in [0.4, 0.5) is 18.0 Å². The third-order valence-corrected chi connectivity index (χ3v) is 3.33. The molecule has 8 heteroatoms. The lowest BCUT2D eigenvalue weighted by Gasteiger charge is -2.42. The van der Waals surface area contributed by atoms with Crippen LogP contribution in [0.3, 0.4) is 0 Å². The van der Waals surface area contributed by atoms with Gasteiger partial charge in [0.1, 0.15) is 0 Å². The van der Waals surface area contributed by atoms with E-state index in [1.54, 1.807) is 6.92 Å². The van der Waals surface area contributed by atoms with Crippen molar-refractivity contribution in [3.8, 4) is 0 Å². The SMILES string of the molecule is CC(C(=O)O)C1CN(C(=O)N(C)CCC(F)(F)F)C1. The maximum atomic E-state index is 12.0. The van der Waals surface area contributed by atoms with Gasteiger partial charge >= 0.3 is 18.2 Å². The summed E-state index contributed by atoms with van der Waals surface area (Å²) in [5, 5.41) is 8.79. The van der Waals surface area contributed by atoms with Gasteiger partial charge in [0, 0.05) is 32.6 Å². The molecule has 2 amide bonds. The first kappa shape index (κ1) is 15.6. The first-order valence-electron chi connectivity index (χ1n) is 5.91. The van der Waals surface area contributed by atoms with Gasteiger partial charge in [-0.25, -0.2) is 4.79 Å². The number of carbonyl (C=O) groups excluding carboxylic acids is 1. The number of hydrogen-bond acceptors (Lipinski definition) is 2. The lowest BCUT2D eigenvalue weighted by Crippen LogP contribution is -2.56. The summed E-state index contributed by atoms with van der Waals surface area (Å²) in [6.45, 7) is 1.73. The van der Waals surface area contributed by atoms with Gasteiger partial charge in [0.15, 0.2) is 0 Å². The van der Waals surface area contributed by atoms with Crippen molar-refractivity contribution in [1.82, 2.24) is 9.80 Å². The standard InChI is InChI=1S/C11H17F3N2O3/c1-7(9(17)18)8-5-16(6-8)10(19)15(2)4-3-11(12,13)14/h7-8H,3-6H2,1-2H3,(H,17,18). The number of carbonyl (C=O) groups is 2. The minimum Gasteiger partial charge on any atom is -0.481 e. The van der Waals surface area contributed by atoms with Gasteiger partial charge in [-0.05, 0) is 0 Å². The molecule has 1 unspecified atom stereocenters. The molecule has 1 atom stereocenters. The van der Waals surface area contributed by atoms with Crippen molar-refractivity contribution >= 4 is 12.0 Å². The van der Waals surface area contributed by atoms with Crippen LogP contribution >= 0.6 is 0 Å². The predicted molar refractivity (Wildman–Crippen MR) is 60.6 cm³/mol. The molecule has 110 valence electrons. The number of urea groups is 1. The number of carboxylic acids is 1. The molecule has 1 fully saturated rings. The van der Waals surface area contributed by atoms with Crippen LogP contribution in [0.25, 0.3) is 0 Å². The summed E-state index contributed by atoms with van der Waals surface area (Å²) in [5.74, 6) is -1.61. The monoisotopic (exact) mass is 282 g/mol. The van der Waals surface area contributed by atoms with E-state index in [0.29, 0.717) is 0 Å². The first-order valence-corrected chi connectivity index (χ1v) is 5.91. The van der Waals surface area contributed by atoms with Crippen LogP contribution in [-0.4, -0.2) is 59.8 Å². The van der Waals surface area contributed by atoms with Gasteiger partial charge in [-0.15, -0.1) is 0 Å². The number of rotatable bonds is 4. The number of nitrogens with zero attached hydrogens (tertiary/aromatic N) is 2. The molecule has 0 aliphatic carbocycles. The number of carboxylic acid groups (broad SMARTS) is 1. The average Bonchev–Trinajstić information content (AvgIpc) is 2.22. The number of alkyl halides is 3. The average molecular weight is 282 g/mol. The van der Waals surface area contributed by atoms with E-state index in [2.05, 4.69) is 0 Å². The molecule has 0 aromatic carbocycles. The minimum absolute atomic E-state index is 0.127. The molecule has 19 heavy (non-hydrogen) atoms. The summed E-state index contributed by atoms with van der Waals surface area (Å²) in [6, 6.07) is -0.488. The maximum Gasteiger partial charge on any atom is 0.390 e. The van der Waals surface area contributed by atoms with E-state index in [9.17, 15) is 22.8 Å². The Morgan fingerprint density at radius 1 is 1.42 bits per heavy atom. The molecule has 1 aliphatic heterocycles. The highest BCUT2D eigenvalue weighted by molar-refractivity contribution is 5.76. The zero-order chi connectivity index (χ0) is 14.8. The van der Waals surface area contributed by atoms with E-state index in [0.717, 1.165) is 4.90 Å². The van der Waals surface area contributed by atoms with E-state index in [-0.39, 0.29) is 19.0 Å². The highest BCUT2D eigenvalue weighted by atomic mass is 19.4. The van der Waals surface area contributed by atoms with Crippen LogP contribution in [0.2, 0.25) is 0 Å². The fraction of sp³-hybridized carbons (Fsp3) is 0.818. The topological polar surface area (TPSA) is 60.9 Å². The van der Waals surface area contributed by atoms with Crippen molar-refractivity contribution in [3.05, 3.63) is 0 Å². The van der Waals surface area contributed by atoms with Gasteiger partial charge in [0.25, 0.3) is 0 Å². The van der Waals surface area contributed by atoms with E-state index in [4.69, 9.17) is 5.11 Å². The molecule has 0 radical (unpaired) electrons. The Labute approximate surface area is 109 Å². The molecule has 1 N–H and O–H groups in total. The summed E-state index contributed by atoms with van der Waals surface area (Å²) >= 11 is 0. The summed E-state index contributed by atoms with van der Waals surface area (Å²) in [4.78, 5) is 24.8. The molecule has 0 spiro atoms. The third-order valence-electron chi connectivity index (χ3n) is 3.33. The van der Waals surface area contributed by atoms with Gasteiger partial charge in [0.05, 0.1) is 12.3 Å². The fourth-order valence-corrected chi connectivity index (χ4v) is 1.82. The van der Waals surface area contributed by atoms with Gasteiger partial charge < -0.3 is 14.9 Å². The van der Waals surface area contributed by atoms with E-state index >= 15 is 0 Å². The number of likely N-dealkylation sites (tertiary alicyclic amines) is 1. The normalized spacial score (nSPS) is 17.8. The zero-order valence-electron chi connectivity index (χ0n) is 10.8. The van der Waals surface area contributed by atoms with Crippen molar-refractivity contribution in [2.45, 2.75) is 19.5 Å². The highest BCUT2D eigenvalue weighted by Gasteiger charge is 2.38. The molecule has 0 aromatic heterocycles. The Hall–Kier alpha value is -1.47. The highest BCUT2D eigenvalue weighted by Crippen LogP contribution is 2.25. The lowest BCUT2D eigenvalue weighted by molar-refractivity contribution is -0.145. The van der Waals surface area contributed by atoms with E-state index < -0.39 is 37.1 Å². The van der Waals surface area contributed by atoms with Crippen LogP contribution in [0.1, 0.15) is 13.3 Å². The van der Waals surface area contributed by atoms with Gasteiger partial charge in [0.2, 0.25) is 0 Å². The second kappa shape index (κ2) is 5.66. The van der Waals surface area contributed by atoms with Gasteiger partial charge in [-0.3, -0.25) is 4.79 Å². The number of halogens is 3. The van der Waals surface area contributed by atoms with E-state index in [1.807, 2.05) is 0 Å². The van der Waals surface area contributed by atoms with Gasteiger partial charge in [-0.2, -0.15) is 13.2 Å². The second-order valence-corrected chi connectivity index (χ2v) is 4.86. The molecule has 0 bridgehead atoms. The third kappa shape index (κ3) is 4.29. The van der Waals surface area contributed by atoms with Crippen LogP contribution in [-0.2, 0) is 4.79 Å². The largest absolute Gasteiger partial charge is 0.481 e. The van der Waals surface area contributed by atoms with Crippen LogP contribution < -0.4 is 0 Å². The van der Waals surface area contributed by atoms with Crippen molar-refractivity contribution in [1.29, 1.82) is 0 Å². The molecular formula is C11H17F3N2O3. The molecular weight excluding hydrogens is 265 g/mol.